The van der Waals surface area contributed by atoms with Crippen LogP contribution in [0.15, 0.2) is 0 Å². The molecule has 160 valence electrons. The Kier molecular flexibility index (Phi) is 6.84. The van der Waals surface area contributed by atoms with Gasteiger partial charge in [-0.3, -0.25) is 9.69 Å². The number of ether oxygens (including phenoxy) is 1. The Morgan fingerprint density at radius 2 is 1.36 bits per heavy atom. The van der Waals surface area contributed by atoms with Crippen LogP contribution in [0.5, 0.6) is 0 Å². The molecular formula is C23H42N2O2Si. The summed E-state index contributed by atoms with van der Waals surface area (Å²) in [6, 6.07) is 0. The molecule has 1 saturated heterocycles. The van der Waals surface area contributed by atoms with Gasteiger partial charge < -0.3 is 9.30 Å². The Hall–Kier alpha value is -0.393. The van der Waals surface area contributed by atoms with Crippen LogP contribution < -0.4 is 0 Å². The van der Waals surface area contributed by atoms with Gasteiger partial charge in [-0.25, -0.2) is 0 Å². The monoisotopic (exact) mass is 406 g/mol. The SMILES string of the molecule is COC(=O)C(C)CN1CCN([Si](C2CCCC2)(C2CCCC2)C2CCCC2)C1. The van der Waals surface area contributed by atoms with Crippen LogP contribution in [0.1, 0.15) is 84.0 Å². The van der Waals surface area contributed by atoms with Gasteiger partial charge in [0.15, 0.2) is 0 Å². The second kappa shape index (κ2) is 9.17. The fourth-order valence-corrected chi connectivity index (χ4v) is 16.2. The second-order valence-corrected chi connectivity index (χ2v) is 15.1. The zero-order valence-electron chi connectivity index (χ0n) is 18.3. The second-order valence-electron chi connectivity index (χ2n) is 10.2. The van der Waals surface area contributed by atoms with E-state index < -0.39 is 8.24 Å². The Morgan fingerprint density at radius 1 is 0.893 bits per heavy atom. The molecule has 0 N–H and O–H groups in total. The fourth-order valence-electron chi connectivity index (χ4n) is 7.71. The van der Waals surface area contributed by atoms with Crippen LogP contribution in [0.4, 0.5) is 0 Å². The summed E-state index contributed by atoms with van der Waals surface area (Å²) in [5, 5.41) is 0. The number of nitrogens with zero attached hydrogens (tertiary/aromatic N) is 2. The Labute approximate surface area is 173 Å². The topological polar surface area (TPSA) is 32.8 Å². The number of esters is 1. The highest BCUT2D eigenvalue weighted by molar-refractivity contribution is 6.81. The van der Waals surface area contributed by atoms with Gasteiger partial charge in [0.1, 0.15) is 8.24 Å². The van der Waals surface area contributed by atoms with E-state index >= 15 is 0 Å². The quantitative estimate of drug-likeness (QED) is 0.432. The van der Waals surface area contributed by atoms with Crippen LogP contribution >= 0.6 is 0 Å². The van der Waals surface area contributed by atoms with E-state index in [9.17, 15) is 4.79 Å². The molecule has 4 rings (SSSR count). The van der Waals surface area contributed by atoms with Crippen molar-refractivity contribution < 1.29 is 9.53 Å². The van der Waals surface area contributed by atoms with Gasteiger partial charge in [0.25, 0.3) is 0 Å². The predicted molar refractivity (Wildman–Crippen MR) is 117 cm³/mol. The Balaban J connectivity index is 1.57. The van der Waals surface area contributed by atoms with Gasteiger partial charge in [0.2, 0.25) is 0 Å². The van der Waals surface area contributed by atoms with Crippen molar-refractivity contribution in [3.05, 3.63) is 0 Å². The first-order chi connectivity index (χ1) is 13.7. The van der Waals surface area contributed by atoms with Crippen molar-refractivity contribution in [2.45, 2.75) is 101 Å². The lowest BCUT2D eigenvalue weighted by atomic mass is 10.2. The van der Waals surface area contributed by atoms with Gasteiger partial charge in [0.05, 0.1) is 13.0 Å². The maximum Gasteiger partial charge on any atom is 0.309 e. The van der Waals surface area contributed by atoms with E-state index in [1.165, 1.54) is 90.7 Å². The van der Waals surface area contributed by atoms with Crippen molar-refractivity contribution >= 4 is 14.2 Å². The minimum Gasteiger partial charge on any atom is -0.469 e. The molecule has 0 amide bonds. The number of methoxy groups -OCH3 is 1. The largest absolute Gasteiger partial charge is 0.469 e. The van der Waals surface area contributed by atoms with Gasteiger partial charge in [-0.1, -0.05) is 84.0 Å². The third-order valence-corrected chi connectivity index (χ3v) is 15.9. The number of rotatable bonds is 7. The van der Waals surface area contributed by atoms with E-state index in [0.29, 0.717) is 0 Å². The lowest BCUT2D eigenvalue weighted by Crippen LogP contribution is -2.61. The van der Waals surface area contributed by atoms with Crippen molar-refractivity contribution in [2.75, 3.05) is 33.4 Å². The van der Waals surface area contributed by atoms with Gasteiger partial charge in [-0.15, -0.1) is 0 Å². The van der Waals surface area contributed by atoms with E-state index in [-0.39, 0.29) is 11.9 Å². The lowest BCUT2D eigenvalue weighted by Gasteiger charge is -2.52. The van der Waals surface area contributed by atoms with Crippen LogP contribution in [-0.2, 0) is 9.53 Å². The summed E-state index contributed by atoms with van der Waals surface area (Å²) in [6.45, 7) is 6.46. The molecule has 4 fully saturated rings. The molecule has 1 aliphatic heterocycles. The molecule has 5 heteroatoms. The molecular weight excluding hydrogens is 364 g/mol. The molecule has 4 aliphatic rings. The molecule has 28 heavy (non-hydrogen) atoms. The van der Waals surface area contributed by atoms with E-state index in [1.807, 2.05) is 6.92 Å². The molecule has 3 aliphatic carbocycles. The van der Waals surface area contributed by atoms with Crippen LogP contribution in [-0.4, -0.2) is 57.1 Å². The minimum absolute atomic E-state index is 0.00883. The molecule has 1 heterocycles. The number of carbonyl (C=O) groups is 1. The van der Waals surface area contributed by atoms with Crippen LogP contribution in [0.3, 0.4) is 0 Å². The normalized spacial score (nSPS) is 27.8. The summed E-state index contributed by atoms with van der Waals surface area (Å²) in [5.41, 5.74) is 3.16. The van der Waals surface area contributed by atoms with E-state index in [0.717, 1.165) is 36.4 Å². The molecule has 0 spiro atoms. The highest BCUT2D eigenvalue weighted by Crippen LogP contribution is 2.60. The maximum atomic E-state index is 12.0. The summed E-state index contributed by atoms with van der Waals surface area (Å²) in [5.74, 6) is -0.0604. The molecule has 1 atom stereocenters. The molecule has 3 saturated carbocycles. The lowest BCUT2D eigenvalue weighted by molar-refractivity contribution is -0.145. The van der Waals surface area contributed by atoms with Crippen molar-refractivity contribution in [1.82, 2.24) is 9.47 Å². The van der Waals surface area contributed by atoms with Gasteiger partial charge in [-0.2, -0.15) is 0 Å². The first-order valence-electron chi connectivity index (χ1n) is 12.2. The summed E-state index contributed by atoms with van der Waals surface area (Å²) < 4.78 is 8.09. The summed E-state index contributed by atoms with van der Waals surface area (Å²) in [7, 11) is 0.00505. The molecule has 1 unspecified atom stereocenters. The highest BCUT2D eigenvalue weighted by atomic mass is 28.3. The van der Waals surface area contributed by atoms with E-state index in [2.05, 4.69) is 9.47 Å². The zero-order chi connectivity index (χ0) is 19.6. The van der Waals surface area contributed by atoms with Gasteiger partial charge in [-0.05, 0) is 16.6 Å². The Bertz CT molecular complexity index is 484. The summed E-state index contributed by atoms with van der Waals surface area (Å²) in [4.78, 5) is 14.5. The maximum absolute atomic E-state index is 12.0. The average Bonchev–Trinajstić information content (AvgIpc) is 3.51. The number of hydrogen-bond acceptors (Lipinski definition) is 4. The van der Waals surface area contributed by atoms with Gasteiger partial charge in [0, 0.05) is 26.3 Å². The fraction of sp³-hybridized carbons (Fsp3) is 0.957. The van der Waals surface area contributed by atoms with Crippen LogP contribution in [0.2, 0.25) is 16.6 Å². The zero-order valence-corrected chi connectivity index (χ0v) is 19.3. The van der Waals surface area contributed by atoms with Crippen molar-refractivity contribution in [3.63, 3.8) is 0 Å². The Morgan fingerprint density at radius 3 is 1.79 bits per heavy atom. The third kappa shape index (κ3) is 3.83. The van der Waals surface area contributed by atoms with E-state index in [4.69, 9.17) is 4.74 Å². The minimum atomic E-state index is -1.52. The van der Waals surface area contributed by atoms with Crippen molar-refractivity contribution in [2.24, 2.45) is 5.92 Å². The molecule has 0 aromatic heterocycles. The van der Waals surface area contributed by atoms with E-state index in [1.54, 1.807) is 0 Å². The van der Waals surface area contributed by atoms with Crippen molar-refractivity contribution in [1.29, 1.82) is 0 Å². The third-order valence-electron chi connectivity index (χ3n) is 8.77. The highest BCUT2D eigenvalue weighted by Gasteiger charge is 2.58. The van der Waals surface area contributed by atoms with Crippen molar-refractivity contribution in [3.8, 4) is 0 Å². The summed E-state index contributed by atoms with van der Waals surface area (Å²) >= 11 is 0. The molecule has 0 bridgehead atoms. The smallest absolute Gasteiger partial charge is 0.309 e. The first kappa shape index (κ1) is 20.9. The standard InChI is InChI=1S/C23H42N2O2Si/c1-19(23(26)27-2)17-24-15-16-25(18-24)28(20-9-3-4-10-20,21-11-5-6-12-21)22-13-7-8-14-22/h19-22H,3-18H2,1-2H3. The average molecular weight is 407 g/mol. The molecule has 0 aromatic rings. The number of hydrogen-bond donors (Lipinski definition) is 0. The molecule has 0 radical (unpaired) electrons. The van der Waals surface area contributed by atoms with Gasteiger partial charge >= 0.3 is 5.97 Å². The predicted octanol–water partition coefficient (Wildman–Crippen LogP) is 5.15. The number of carbonyl (C=O) groups excluding carboxylic acids is 1. The van der Waals surface area contributed by atoms with Crippen LogP contribution in [0.25, 0.3) is 0 Å². The molecule has 4 nitrogen and oxygen atoms in total. The first-order valence-corrected chi connectivity index (χ1v) is 14.4. The molecule has 0 aromatic carbocycles. The summed E-state index contributed by atoms with van der Waals surface area (Å²) in [6.07, 6.45) is 18.0. The van der Waals surface area contributed by atoms with Crippen LogP contribution in [0, 0.1) is 5.92 Å².